The van der Waals surface area contributed by atoms with Crippen molar-refractivity contribution in [2.45, 2.75) is 26.3 Å². The van der Waals surface area contributed by atoms with Crippen LogP contribution < -0.4 is 22.1 Å². The standard InChI is InChI=1S/C11H19N5O/c1-3-6-14-11(17)7(2)15-9-5-4-8(12)10(13)16-9/h4-5,7H,3,6,12H2,1-2H3,(H,14,17)(H3,13,15,16). The van der Waals surface area contributed by atoms with Gasteiger partial charge in [-0.15, -0.1) is 0 Å². The normalized spacial score (nSPS) is 11.9. The third-order valence-corrected chi connectivity index (χ3v) is 2.26. The molecule has 1 atom stereocenters. The Bertz CT molecular complexity index is 393. The molecule has 0 aliphatic rings. The van der Waals surface area contributed by atoms with E-state index in [0.29, 0.717) is 18.1 Å². The highest BCUT2D eigenvalue weighted by molar-refractivity contribution is 5.84. The molecule has 0 fully saturated rings. The Morgan fingerprint density at radius 3 is 2.76 bits per heavy atom. The first-order valence-corrected chi connectivity index (χ1v) is 5.60. The molecule has 1 aromatic rings. The maximum Gasteiger partial charge on any atom is 0.242 e. The van der Waals surface area contributed by atoms with Gasteiger partial charge in [0.15, 0.2) is 0 Å². The molecule has 94 valence electrons. The van der Waals surface area contributed by atoms with E-state index in [-0.39, 0.29) is 17.8 Å². The largest absolute Gasteiger partial charge is 0.396 e. The average molecular weight is 237 g/mol. The van der Waals surface area contributed by atoms with Crippen LogP contribution in [0.2, 0.25) is 0 Å². The summed E-state index contributed by atoms with van der Waals surface area (Å²) in [5.41, 5.74) is 11.6. The van der Waals surface area contributed by atoms with Gasteiger partial charge in [-0.05, 0) is 25.5 Å². The Morgan fingerprint density at radius 1 is 1.47 bits per heavy atom. The third-order valence-electron chi connectivity index (χ3n) is 2.26. The number of hydrogen-bond acceptors (Lipinski definition) is 5. The van der Waals surface area contributed by atoms with Crippen LogP contribution in [0.5, 0.6) is 0 Å². The number of anilines is 3. The summed E-state index contributed by atoms with van der Waals surface area (Å²) in [4.78, 5) is 15.6. The molecule has 0 aliphatic heterocycles. The molecule has 6 nitrogen and oxygen atoms in total. The van der Waals surface area contributed by atoms with Gasteiger partial charge in [0.2, 0.25) is 5.91 Å². The van der Waals surface area contributed by atoms with E-state index in [1.807, 2.05) is 6.92 Å². The minimum atomic E-state index is -0.364. The molecular weight excluding hydrogens is 218 g/mol. The van der Waals surface area contributed by atoms with Crippen LogP contribution in [-0.2, 0) is 4.79 Å². The van der Waals surface area contributed by atoms with Gasteiger partial charge < -0.3 is 22.1 Å². The van der Waals surface area contributed by atoms with Gasteiger partial charge in [0.25, 0.3) is 0 Å². The lowest BCUT2D eigenvalue weighted by Crippen LogP contribution is -2.38. The van der Waals surface area contributed by atoms with Crippen molar-refractivity contribution in [3.05, 3.63) is 12.1 Å². The van der Waals surface area contributed by atoms with E-state index in [1.54, 1.807) is 19.1 Å². The Labute approximate surface area is 101 Å². The number of carbonyl (C=O) groups is 1. The first-order chi connectivity index (χ1) is 8.04. The van der Waals surface area contributed by atoms with E-state index in [0.717, 1.165) is 6.42 Å². The summed E-state index contributed by atoms with van der Waals surface area (Å²) in [6.45, 7) is 4.43. The van der Waals surface area contributed by atoms with Crippen molar-refractivity contribution in [1.29, 1.82) is 0 Å². The molecule has 0 radical (unpaired) electrons. The summed E-state index contributed by atoms with van der Waals surface area (Å²) in [6.07, 6.45) is 0.908. The fourth-order valence-electron chi connectivity index (χ4n) is 1.25. The summed E-state index contributed by atoms with van der Waals surface area (Å²) in [5, 5.41) is 5.75. The minimum absolute atomic E-state index is 0.0657. The molecular formula is C11H19N5O. The number of carbonyl (C=O) groups excluding carboxylic acids is 1. The van der Waals surface area contributed by atoms with Gasteiger partial charge in [-0.3, -0.25) is 4.79 Å². The Balaban J connectivity index is 2.58. The number of nitrogen functional groups attached to an aromatic ring is 2. The SMILES string of the molecule is CCCNC(=O)C(C)Nc1ccc(N)c(N)n1. The Hall–Kier alpha value is -1.98. The minimum Gasteiger partial charge on any atom is -0.396 e. The Kier molecular flexibility index (Phi) is 4.56. The number of nitrogens with one attached hydrogen (secondary N) is 2. The van der Waals surface area contributed by atoms with Gasteiger partial charge in [0.05, 0.1) is 5.69 Å². The van der Waals surface area contributed by atoms with Gasteiger partial charge in [0.1, 0.15) is 17.7 Å². The van der Waals surface area contributed by atoms with Crippen molar-refractivity contribution >= 4 is 23.2 Å². The number of nitrogens with zero attached hydrogens (tertiary/aromatic N) is 1. The first kappa shape index (κ1) is 13.1. The first-order valence-electron chi connectivity index (χ1n) is 5.60. The lowest BCUT2D eigenvalue weighted by atomic mass is 10.3. The van der Waals surface area contributed by atoms with Gasteiger partial charge in [-0.25, -0.2) is 4.98 Å². The van der Waals surface area contributed by atoms with Crippen LogP contribution >= 0.6 is 0 Å². The smallest absolute Gasteiger partial charge is 0.242 e. The summed E-state index contributed by atoms with van der Waals surface area (Å²) in [7, 11) is 0. The molecule has 0 spiro atoms. The van der Waals surface area contributed by atoms with Crippen molar-refractivity contribution in [1.82, 2.24) is 10.3 Å². The zero-order chi connectivity index (χ0) is 12.8. The summed E-state index contributed by atoms with van der Waals surface area (Å²) in [6, 6.07) is 2.98. The molecule has 6 N–H and O–H groups in total. The zero-order valence-electron chi connectivity index (χ0n) is 10.2. The lowest BCUT2D eigenvalue weighted by molar-refractivity contribution is -0.121. The predicted molar refractivity (Wildman–Crippen MR) is 69.4 cm³/mol. The van der Waals surface area contributed by atoms with Gasteiger partial charge in [-0.1, -0.05) is 6.92 Å². The number of hydrogen-bond donors (Lipinski definition) is 4. The van der Waals surface area contributed by atoms with Gasteiger partial charge in [0, 0.05) is 6.54 Å². The number of aromatic nitrogens is 1. The second-order valence-electron chi connectivity index (χ2n) is 3.83. The van der Waals surface area contributed by atoms with Crippen LogP contribution in [0.4, 0.5) is 17.3 Å². The van der Waals surface area contributed by atoms with Gasteiger partial charge >= 0.3 is 0 Å². The maximum atomic E-state index is 11.6. The maximum absolute atomic E-state index is 11.6. The van der Waals surface area contributed by atoms with E-state index in [4.69, 9.17) is 11.5 Å². The molecule has 0 aromatic carbocycles. The molecule has 1 rings (SSSR count). The van der Waals surface area contributed by atoms with E-state index in [2.05, 4.69) is 15.6 Å². The van der Waals surface area contributed by atoms with Crippen molar-refractivity contribution < 1.29 is 4.79 Å². The van der Waals surface area contributed by atoms with Crippen molar-refractivity contribution in [3.63, 3.8) is 0 Å². The fourth-order valence-corrected chi connectivity index (χ4v) is 1.25. The second-order valence-corrected chi connectivity index (χ2v) is 3.83. The highest BCUT2D eigenvalue weighted by Gasteiger charge is 2.12. The fraction of sp³-hybridized carbons (Fsp3) is 0.455. The molecule has 1 unspecified atom stereocenters. The lowest BCUT2D eigenvalue weighted by Gasteiger charge is -2.14. The average Bonchev–Trinajstić information content (AvgIpc) is 2.30. The van der Waals surface area contributed by atoms with Crippen LogP contribution in [0.25, 0.3) is 0 Å². The molecule has 0 aliphatic carbocycles. The molecule has 0 saturated carbocycles. The van der Waals surface area contributed by atoms with E-state index < -0.39 is 0 Å². The molecule has 1 aromatic heterocycles. The molecule has 6 heteroatoms. The molecule has 17 heavy (non-hydrogen) atoms. The van der Waals surface area contributed by atoms with Crippen LogP contribution in [0.1, 0.15) is 20.3 Å². The van der Waals surface area contributed by atoms with Crippen molar-refractivity contribution in [2.75, 3.05) is 23.3 Å². The monoisotopic (exact) mass is 237 g/mol. The van der Waals surface area contributed by atoms with Crippen LogP contribution in [0, 0.1) is 0 Å². The Morgan fingerprint density at radius 2 is 2.18 bits per heavy atom. The highest BCUT2D eigenvalue weighted by atomic mass is 16.2. The summed E-state index contributed by atoms with van der Waals surface area (Å²) >= 11 is 0. The van der Waals surface area contributed by atoms with Crippen LogP contribution in [0.3, 0.4) is 0 Å². The number of nitrogens with two attached hydrogens (primary N) is 2. The van der Waals surface area contributed by atoms with Crippen molar-refractivity contribution in [3.8, 4) is 0 Å². The van der Waals surface area contributed by atoms with E-state index >= 15 is 0 Å². The molecule has 0 bridgehead atoms. The third kappa shape index (κ3) is 3.82. The zero-order valence-corrected chi connectivity index (χ0v) is 10.2. The topological polar surface area (TPSA) is 106 Å². The summed E-state index contributed by atoms with van der Waals surface area (Å²) < 4.78 is 0. The van der Waals surface area contributed by atoms with E-state index in [1.165, 1.54) is 0 Å². The van der Waals surface area contributed by atoms with Crippen LogP contribution in [-0.4, -0.2) is 23.5 Å². The molecule has 1 heterocycles. The van der Waals surface area contributed by atoms with Crippen molar-refractivity contribution in [2.24, 2.45) is 0 Å². The number of rotatable bonds is 5. The number of amides is 1. The highest BCUT2D eigenvalue weighted by Crippen LogP contribution is 2.15. The summed E-state index contributed by atoms with van der Waals surface area (Å²) in [5.74, 6) is 0.732. The number of pyridine rings is 1. The van der Waals surface area contributed by atoms with Crippen LogP contribution in [0.15, 0.2) is 12.1 Å². The predicted octanol–water partition coefficient (Wildman–Crippen LogP) is 0.573. The molecule has 0 saturated heterocycles. The second kappa shape index (κ2) is 5.93. The quantitative estimate of drug-likeness (QED) is 0.599. The molecule has 1 amide bonds. The van der Waals surface area contributed by atoms with Gasteiger partial charge in [-0.2, -0.15) is 0 Å². The van der Waals surface area contributed by atoms with E-state index in [9.17, 15) is 4.79 Å².